The fraction of sp³-hybridized carbons (Fsp3) is 0.667. The third kappa shape index (κ3) is 9.75. The number of esters is 1. The Morgan fingerprint density at radius 2 is 1.67 bits per heavy atom. The van der Waals surface area contributed by atoms with Crippen molar-refractivity contribution in [1.82, 2.24) is 5.32 Å². The fourth-order valence-electron chi connectivity index (χ4n) is 2.33. The molecule has 0 saturated carbocycles. The number of rotatable bonds is 11. The van der Waals surface area contributed by atoms with Crippen molar-refractivity contribution in [2.45, 2.75) is 59.0 Å². The average Bonchev–Trinajstić information content (AvgIpc) is 2.59. The minimum absolute atomic E-state index is 0.298. The van der Waals surface area contributed by atoms with E-state index in [4.69, 9.17) is 18.9 Å². The molecule has 0 aliphatic heterocycles. The summed E-state index contributed by atoms with van der Waals surface area (Å²) in [7, 11) is 3.13. The van der Waals surface area contributed by atoms with Crippen molar-refractivity contribution in [3.63, 3.8) is 0 Å². The fourth-order valence-corrected chi connectivity index (χ4v) is 2.33. The first-order valence-electron chi connectivity index (χ1n) is 9.38. The van der Waals surface area contributed by atoms with E-state index in [9.17, 15) is 4.79 Å². The molecule has 0 aromatic heterocycles. The molecule has 0 heterocycles. The second kappa shape index (κ2) is 11.3. The highest BCUT2D eigenvalue weighted by Crippen LogP contribution is 2.16. The smallest absolute Gasteiger partial charge is 0.324 e. The molecule has 0 spiro atoms. The number of benzene rings is 1. The summed E-state index contributed by atoms with van der Waals surface area (Å²) in [5, 5.41) is 3.19. The summed E-state index contributed by atoms with van der Waals surface area (Å²) < 4.78 is 21.6. The SMILES string of the molecule is COC(CN[C@@H](Cc1ccc(OCC(C)C)cc1)C(=O)OC(C)(C)C)OC. The van der Waals surface area contributed by atoms with Crippen LogP contribution in [0.25, 0.3) is 0 Å². The minimum Gasteiger partial charge on any atom is -0.493 e. The summed E-state index contributed by atoms with van der Waals surface area (Å²) in [5.41, 5.74) is 0.467. The van der Waals surface area contributed by atoms with Gasteiger partial charge in [-0.3, -0.25) is 10.1 Å². The molecule has 0 aliphatic rings. The van der Waals surface area contributed by atoms with Gasteiger partial charge < -0.3 is 18.9 Å². The quantitative estimate of drug-likeness (QED) is 0.469. The Kier molecular flexibility index (Phi) is 9.77. The third-order valence-electron chi connectivity index (χ3n) is 3.69. The van der Waals surface area contributed by atoms with Crippen molar-refractivity contribution in [2.24, 2.45) is 5.92 Å². The first kappa shape index (κ1) is 23.4. The zero-order valence-electron chi connectivity index (χ0n) is 17.7. The highest BCUT2D eigenvalue weighted by atomic mass is 16.7. The van der Waals surface area contributed by atoms with Crippen LogP contribution in [0, 0.1) is 5.92 Å². The van der Waals surface area contributed by atoms with Crippen LogP contribution in [0.15, 0.2) is 24.3 Å². The van der Waals surface area contributed by atoms with Crippen LogP contribution in [0.2, 0.25) is 0 Å². The van der Waals surface area contributed by atoms with Gasteiger partial charge >= 0.3 is 5.97 Å². The zero-order valence-corrected chi connectivity index (χ0v) is 17.7. The Morgan fingerprint density at radius 1 is 1.07 bits per heavy atom. The Hall–Kier alpha value is -1.63. The van der Waals surface area contributed by atoms with Gasteiger partial charge in [-0.2, -0.15) is 0 Å². The number of carbonyl (C=O) groups is 1. The monoisotopic (exact) mass is 381 g/mol. The minimum atomic E-state index is -0.548. The molecule has 6 nitrogen and oxygen atoms in total. The van der Waals surface area contributed by atoms with E-state index < -0.39 is 17.9 Å². The maximum absolute atomic E-state index is 12.6. The van der Waals surface area contributed by atoms with Gasteiger partial charge in [-0.1, -0.05) is 26.0 Å². The molecule has 0 aliphatic carbocycles. The van der Waals surface area contributed by atoms with Crippen molar-refractivity contribution in [3.05, 3.63) is 29.8 Å². The number of methoxy groups -OCH3 is 2. The number of carbonyl (C=O) groups excluding carboxylic acids is 1. The molecule has 0 amide bonds. The molecule has 1 rings (SSSR count). The maximum Gasteiger partial charge on any atom is 0.324 e. The van der Waals surface area contributed by atoms with Gasteiger partial charge in [0, 0.05) is 20.8 Å². The molecule has 0 radical (unpaired) electrons. The molecule has 0 unspecified atom stereocenters. The van der Waals surface area contributed by atoms with Gasteiger partial charge in [-0.15, -0.1) is 0 Å². The summed E-state index contributed by atoms with van der Waals surface area (Å²) in [5.74, 6) is 1.00. The van der Waals surface area contributed by atoms with E-state index in [1.807, 2.05) is 45.0 Å². The Balaban J connectivity index is 2.78. The van der Waals surface area contributed by atoms with E-state index in [1.54, 1.807) is 14.2 Å². The number of nitrogens with one attached hydrogen (secondary N) is 1. The highest BCUT2D eigenvalue weighted by Gasteiger charge is 2.26. The van der Waals surface area contributed by atoms with E-state index in [0.29, 0.717) is 25.5 Å². The predicted octanol–water partition coefficient (Wildman–Crippen LogP) is 3.18. The highest BCUT2D eigenvalue weighted by molar-refractivity contribution is 5.76. The first-order chi connectivity index (χ1) is 12.6. The van der Waals surface area contributed by atoms with Gasteiger partial charge in [0.15, 0.2) is 6.29 Å². The van der Waals surface area contributed by atoms with Crippen LogP contribution in [0.3, 0.4) is 0 Å². The summed E-state index contributed by atoms with van der Waals surface area (Å²) in [6, 6.07) is 7.30. The van der Waals surface area contributed by atoms with Gasteiger partial charge in [0.05, 0.1) is 6.61 Å². The number of ether oxygens (including phenoxy) is 4. The van der Waals surface area contributed by atoms with Gasteiger partial charge in [-0.25, -0.2) is 0 Å². The van der Waals surface area contributed by atoms with Crippen molar-refractivity contribution < 1.29 is 23.7 Å². The summed E-state index contributed by atoms with van der Waals surface area (Å²) in [4.78, 5) is 12.6. The second-order valence-electron chi connectivity index (χ2n) is 7.95. The zero-order chi connectivity index (χ0) is 20.4. The van der Waals surface area contributed by atoms with Gasteiger partial charge in [-0.05, 0) is 50.8 Å². The van der Waals surface area contributed by atoms with Gasteiger partial charge in [0.1, 0.15) is 17.4 Å². The van der Waals surface area contributed by atoms with E-state index in [-0.39, 0.29) is 5.97 Å². The average molecular weight is 382 g/mol. The van der Waals surface area contributed by atoms with Crippen molar-refractivity contribution in [3.8, 4) is 5.75 Å². The van der Waals surface area contributed by atoms with E-state index in [0.717, 1.165) is 11.3 Å². The van der Waals surface area contributed by atoms with Crippen LogP contribution in [0.5, 0.6) is 5.75 Å². The maximum atomic E-state index is 12.6. The standard InChI is InChI=1S/C21H35NO5/c1-15(2)14-26-17-10-8-16(9-11-17)12-18(20(23)27-21(3,4)5)22-13-19(24-6)25-7/h8-11,15,18-19,22H,12-14H2,1-7H3/t18-/m0/s1. The third-order valence-corrected chi connectivity index (χ3v) is 3.69. The second-order valence-corrected chi connectivity index (χ2v) is 7.95. The lowest BCUT2D eigenvalue weighted by atomic mass is 10.1. The lowest BCUT2D eigenvalue weighted by Crippen LogP contribution is -2.46. The van der Waals surface area contributed by atoms with E-state index >= 15 is 0 Å². The number of hydrogen-bond acceptors (Lipinski definition) is 6. The molecular weight excluding hydrogens is 346 g/mol. The van der Waals surface area contributed by atoms with Crippen LogP contribution in [-0.4, -0.2) is 51.3 Å². The van der Waals surface area contributed by atoms with E-state index in [2.05, 4.69) is 19.2 Å². The van der Waals surface area contributed by atoms with Crippen LogP contribution in [0.1, 0.15) is 40.2 Å². The van der Waals surface area contributed by atoms with Crippen LogP contribution in [-0.2, 0) is 25.4 Å². The Morgan fingerprint density at radius 3 is 2.15 bits per heavy atom. The molecule has 1 atom stereocenters. The molecule has 27 heavy (non-hydrogen) atoms. The molecule has 1 aromatic rings. The van der Waals surface area contributed by atoms with Crippen LogP contribution in [0.4, 0.5) is 0 Å². The predicted molar refractivity (Wildman–Crippen MR) is 106 cm³/mol. The summed E-state index contributed by atoms with van der Waals surface area (Å²) in [6.45, 7) is 10.8. The topological polar surface area (TPSA) is 66.0 Å². The molecule has 0 fully saturated rings. The summed E-state index contributed by atoms with van der Waals surface area (Å²) >= 11 is 0. The molecule has 6 heteroatoms. The molecular formula is C21H35NO5. The van der Waals surface area contributed by atoms with Crippen LogP contribution >= 0.6 is 0 Å². The van der Waals surface area contributed by atoms with E-state index in [1.165, 1.54) is 0 Å². The van der Waals surface area contributed by atoms with Gasteiger partial charge in [0.25, 0.3) is 0 Å². The normalized spacial score (nSPS) is 13.1. The van der Waals surface area contributed by atoms with Gasteiger partial charge in [0.2, 0.25) is 0 Å². The lowest BCUT2D eigenvalue weighted by Gasteiger charge is -2.26. The molecule has 1 aromatic carbocycles. The van der Waals surface area contributed by atoms with Crippen molar-refractivity contribution in [1.29, 1.82) is 0 Å². The Bertz CT molecular complexity index is 547. The lowest BCUT2D eigenvalue weighted by molar-refractivity contribution is -0.158. The molecule has 0 bridgehead atoms. The van der Waals surface area contributed by atoms with Crippen LogP contribution < -0.4 is 10.1 Å². The molecule has 1 N–H and O–H groups in total. The number of hydrogen-bond donors (Lipinski definition) is 1. The van der Waals surface area contributed by atoms with Crippen molar-refractivity contribution >= 4 is 5.97 Å². The Labute approximate surface area is 163 Å². The largest absolute Gasteiger partial charge is 0.493 e. The van der Waals surface area contributed by atoms with Crippen molar-refractivity contribution in [2.75, 3.05) is 27.4 Å². The first-order valence-corrected chi connectivity index (χ1v) is 9.38. The summed E-state index contributed by atoms with van der Waals surface area (Å²) in [6.07, 6.45) is 0.0706. The molecule has 0 saturated heterocycles. The molecule has 154 valence electrons.